The van der Waals surface area contributed by atoms with E-state index in [0.29, 0.717) is 18.5 Å². The van der Waals surface area contributed by atoms with Crippen LogP contribution in [0.15, 0.2) is 10.4 Å². The van der Waals surface area contributed by atoms with Gasteiger partial charge in [-0.15, -0.1) is 35.3 Å². The van der Waals surface area contributed by atoms with Gasteiger partial charge in [0.05, 0.1) is 6.54 Å². The molecule has 21 heavy (non-hydrogen) atoms. The number of aliphatic imine (C=N–C) groups is 1. The molecule has 0 aliphatic heterocycles. The zero-order valence-corrected chi connectivity index (χ0v) is 15.7. The van der Waals surface area contributed by atoms with Crippen LogP contribution in [0.1, 0.15) is 23.5 Å². The molecule has 2 rings (SSSR count). The molecule has 0 bridgehead atoms. The van der Waals surface area contributed by atoms with Crippen molar-refractivity contribution in [2.75, 3.05) is 20.6 Å². The van der Waals surface area contributed by atoms with Crippen molar-refractivity contribution in [3.05, 3.63) is 16.1 Å². The molecule has 1 aliphatic rings. The van der Waals surface area contributed by atoms with Crippen LogP contribution in [-0.4, -0.2) is 48.4 Å². The van der Waals surface area contributed by atoms with Crippen LogP contribution in [0.5, 0.6) is 0 Å². The number of rotatable bonds is 5. The third-order valence-electron chi connectivity index (χ3n) is 2.86. The number of aromatic nitrogens is 1. The maximum atomic E-state index is 11.6. The smallest absolute Gasteiger partial charge is 0.243 e. The molecule has 1 saturated carbocycles. The summed E-state index contributed by atoms with van der Waals surface area (Å²) < 4.78 is 0. The van der Waals surface area contributed by atoms with Crippen molar-refractivity contribution in [1.82, 2.24) is 20.5 Å². The SMILES string of the molecule is Cc1csc(CNC(=NCC(=O)N(C)C)NC2CC2)n1.I. The lowest BCUT2D eigenvalue weighted by atomic mass is 10.5. The van der Waals surface area contributed by atoms with Crippen molar-refractivity contribution in [2.24, 2.45) is 4.99 Å². The summed E-state index contributed by atoms with van der Waals surface area (Å²) in [5.74, 6) is 0.683. The molecule has 1 fully saturated rings. The minimum Gasteiger partial charge on any atom is -0.354 e. The van der Waals surface area contributed by atoms with Crippen LogP contribution in [0.25, 0.3) is 0 Å². The highest BCUT2D eigenvalue weighted by Gasteiger charge is 2.22. The first-order chi connectivity index (χ1) is 9.54. The summed E-state index contributed by atoms with van der Waals surface area (Å²) in [6, 6.07) is 0.494. The summed E-state index contributed by atoms with van der Waals surface area (Å²) in [4.78, 5) is 21.8. The minimum absolute atomic E-state index is 0. The second-order valence-electron chi connectivity index (χ2n) is 5.11. The third-order valence-corrected chi connectivity index (χ3v) is 3.83. The van der Waals surface area contributed by atoms with E-state index in [1.165, 1.54) is 12.8 Å². The van der Waals surface area contributed by atoms with Crippen molar-refractivity contribution in [3.63, 3.8) is 0 Å². The number of aryl methyl sites for hydroxylation is 1. The van der Waals surface area contributed by atoms with Gasteiger partial charge in [-0.1, -0.05) is 0 Å². The van der Waals surface area contributed by atoms with Crippen molar-refractivity contribution in [3.8, 4) is 0 Å². The van der Waals surface area contributed by atoms with Gasteiger partial charge in [0.1, 0.15) is 11.6 Å². The van der Waals surface area contributed by atoms with E-state index < -0.39 is 0 Å². The van der Waals surface area contributed by atoms with Gasteiger partial charge in [-0.05, 0) is 19.8 Å². The predicted molar refractivity (Wildman–Crippen MR) is 96.3 cm³/mol. The molecule has 0 spiro atoms. The van der Waals surface area contributed by atoms with Crippen LogP contribution in [0, 0.1) is 6.92 Å². The lowest BCUT2D eigenvalue weighted by molar-refractivity contribution is -0.127. The standard InChI is InChI=1S/C13H21N5OS.HI/c1-9-8-20-11(16-9)6-14-13(17-10-4-5-10)15-7-12(19)18(2)3;/h8,10H,4-7H2,1-3H3,(H2,14,15,17);1H. The van der Waals surface area contributed by atoms with E-state index in [1.807, 2.05) is 12.3 Å². The van der Waals surface area contributed by atoms with E-state index in [9.17, 15) is 4.79 Å². The molecule has 1 heterocycles. The minimum atomic E-state index is -0.00742. The molecule has 0 aromatic carbocycles. The lowest BCUT2D eigenvalue weighted by Crippen LogP contribution is -2.39. The number of thiazole rings is 1. The Balaban J connectivity index is 0.00000220. The van der Waals surface area contributed by atoms with Crippen molar-refractivity contribution < 1.29 is 4.79 Å². The summed E-state index contributed by atoms with van der Waals surface area (Å²) in [6.07, 6.45) is 2.33. The Morgan fingerprint density at radius 2 is 2.24 bits per heavy atom. The van der Waals surface area contributed by atoms with Gasteiger partial charge in [0.25, 0.3) is 0 Å². The third kappa shape index (κ3) is 6.60. The molecule has 1 aliphatic carbocycles. The fourth-order valence-electron chi connectivity index (χ4n) is 1.50. The average molecular weight is 423 g/mol. The molecule has 118 valence electrons. The second-order valence-corrected chi connectivity index (χ2v) is 6.05. The topological polar surface area (TPSA) is 69.6 Å². The van der Waals surface area contributed by atoms with Gasteiger partial charge in [0, 0.05) is 31.2 Å². The molecule has 0 saturated heterocycles. The second kappa shape index (κ2) is 8.52. The number of guanidine groups is 1. The fourth-order valence-corrected chi connectivity index (χ4v) is 2.22. The van der Waals surface area contributed by atoms with Gasteiger partial charge >= 0.3 is 0 Å². The number of amides is 1. The average Bonchev–Trinajstić information content (AvgIpc) is 3.13. The molecule has 1 amide bonds. The number of carbonyl (C=O) groups is 1. The number of hydrogen-bond donors (Lipinski definition) is 2. The summed E-state index contributed by atoms with van der Waals surface area (Å²) in [6.45, 7) is 2.77. The van der Waals surface area contributed by atoms with Crippen LogP contribution in [0.4, 0.5) is 0 Å². The van der Waals surface area contributed by atoms with E-state index in [4.69, 9.17) is 0 Å². The molecule has 0 radical (unpaired) electrons. The first-order valence-electron chi connectivity index (χ1n) is 6.70. The largest absolute Gasteiger partial charge is 0.354 e. The number of likely N-dealkylation sites (N-methyl/N-ethyl adjacent to an activating group) is 1. The van der Waals surface area contributed by atoms with Gasteiger partial charge in [-0.3, -0.25) is 4.79 Å². The zero-order chi connectivity index (χ0) is 14.5. The Morgan fingerprint density at radius 1 is 1.52 bits per heavy atom. The Morgan fingerprint density at radius 3 is 2.76 bits per heavy atom. The highest BCUT2D eigenvalue weighted by atomic mass is 127. The molecule has 6 nitrogen and oxygen atoms in total. The Bertz CT molecular complexity index is 499. The summed E-state index contributed by atoms with van der Waals surface area (Å²) in [5, 5.41) is 9.58. The van der Waals surface area contributed by atoms with E-state index in [-0.39, 0.29) is 36.4 Å². The monoisotopic (exact) mass is 423 g/mol. The van der Waals surface area contributed by atoms with Crippen molar-refractivity contribution in [2.45, 2.75) is 32.4 Å². The van der Waals surface area contributed by atoms with E-state index >= 15 is 0 Å². The molecule has 1 aromatic heterocycles. The quantitative estimate of drug-likeness (QED) is 0.426. The van der Waals surface area contributed by atoms with Gasteiger partial charge in [-0.2, -0.15) is 0 Å². The van der Waals surface area contributed by atoms with Crippen LogP contribution in [0.3, 0.4) is 0 Å². The van der Waals surface area contributed by atoms with Crippen molar-refractivity contribution in [1.29, 1.82) is 0 Å². The van der Waals surface area contributed by atoms with Gasteiger partial charge in [0.15, 0.2) is 5.96 Å². The summed E-state index contributed by atoms with van der Waals surface area (Å²) >= 11 is 1.62. The van der Waals surface area contributed by atoms with Crippen LogP contribution in [-0.2, 0) is 11.3 Å². The number of halogens is 1. The number of nitrogens with zero attached hydrogens (tertiary/aromatic N) is 3. The Hall–Kier alpha value is -0.900. The van der Waals surface area contributed by atoms with E-state index in [2.05, 4.69) is 20.6 Å². The van der Waals surface area contributed by atoms with Crippen molar-refractivity contribution >= 4 is 47.2 Å². The predicted octanol–water partition coefficient (Wildman–Crippen LogP) is 1.36. The molecule has 8 heteroatoms. The molecule has 0 unspecified atom stereocenters. The summed E-state index contributed by atoms with van der Waals surface area (Å²) in [5.41, 5.74) is 1.03. The fraction of sp³-hybridized carbons (Fsp3) is 0.615. The highest BCUT2D eigenvalue weighted by molar-refractivity contribution is 14.0. The summed E-state index contributed by atoms with van der Waals surface area (Å²) in [7, 11) is 3.47. The normalized spacial score (nSPS) is 14.3. The van der Waals surface area contributed by atoms with Crippen LogP contribution in [0.2, 0.25) is 0 Å². The first kappa shape index (κ1) is 18.1. The maximum Gasteiger partial charge on any atom is 0.243 e. The van der Waals surface area contributed by atoms with Crippen LogP contribution >= 0.6 is 35.3 Å². The molecule has 2 N–H and O–H groups in total. The molecular formula is C13H22IN5OS. The van der Waals surface area contributed by atoms with Gasteiger partial charge in [0.2, 0.25) is 5.91 Å². The number of carbonyl (C=O) groups excluding carboxylic acids is 1. The maximum absolute atomic E-state index is 11.6. The molecule has 0 atom stereocenters. The molecular weight excluding hydrogens is 401 g/mol. The van der Waals surface area contributed by atoms with Gasteiger partial charge < -0.3 is 15.5 Å². The van der Waals surface area contributed by atoms with Gasteiger partial charge in [-0.25, -0.2) is 9.98 Å². The van der Waals surface area contributed by atoms with E-state index in [0.717, 1.165) is 10.7 Å². The first-order valence-corrected chi connectivity index (χ1v) is 7.58. The number of hydrogen-bond acceptors (Lipinski definition) is 4. The Labute approximate surface area is 146 Å². The zero-order valence-electron chi connectivity index (χ0n) is 12.5. The van der Waals surface area contributed by atoms with E-state index in [1.54, 1.807) is 30.3 Å². The lowest BCUT2D eigenvalue weighted by Gasteiger charge is -2.12. The molecule has 1 aromatic rings. The number of nitrogens with one attached hydrogen (secondary N) is 2. The Kier molecular flexibility index (Phi) is 7.36. The van der Waals surface area contributed by atoms with Crippen LogP contribution < -0.4 is 10.6 Å². The highest BCUT2D eigenvalue weighted by Crippen LogP contribution is 2.18.